The Morgan fingerprint density at radius 1 is 0.935 bits per heavy atom. The fourth-order valence-electron chi connectivity index (χ4n) is 3.49. The normalized spacial score (nSPS) is 13.2. The number of rotatable bonds is 6. The summed E-state index contributed by atoms with van der Waals surface area (Å²) in [7, 11) is 0. The van der Waals surface area contributed by atoms with Gasteiger partial charge in [-0.05, 0) is 68.3 Å². The first-order chi connectivity index (χ1) is 15.2. The van der Waals surface area contributed by atoms with Crippen LogP contribution in [0.3, 0.4) is 0 Å². The van der Waals surface area contributed by atoms with Crippen LogP contribution in [0.2, 0.25) is 0 Å². The Morgan fingerprint density at radius 2 is 1.58 bits per heavy atom. The van der Waals surface area contributed by atoms with Crippen molar-refractivity contribution in [2.24, 2.45) is 0 Å². The Kier molecular flexibility index (Phi) is 5.04. The average molecular weight is 410 g/mol. The summed E-state index contributed by atoms with van der Waals surface area (Å²) < 4.78 is 5.84. The molecule has 0 atom stereocenters. The molecule has 1 aliphatic carbocycles. The maximum absolute atomic E-state index is 13.1. The second-order valence-corrected chi connectivity index (χ2v) is 7.84. The zero-order valence-electron chi connectivity index (χ0n) is 17.2. The van der Waals surface area contributed by atoms with E-state index in [1.54, 1.807) is 6.20 Å². The van der Waals surface area contributed by atoms with Crippen LogP contribution in [0.25, 0.3) is 22.9 Å². The lowest BCUT2D eigenvalue weighted by Crippen LogP contribution is -2.32. The minimum Gasteiger partial charge on any atom is -0.416 e. The van der Waals surface area contributed by atoms with Gasteiger partial charge in [0.15, 0.2) is 0 Å². The van der Waals surface area contributed by atoms with Crippen molar-refractivity contribution in [2.75, 3.05) is 0 Å². The summed E-state index contributed by atoms with van der Waals surface area (Å²) in [4.78, 5) is 19.4. The molecule has 31 heavy (non-hydrogen) atoms. The molecule has 0 unspecified atom stereocenters. The van der Waals surface area contributed by atoms with Crippen LogP contribution in [-0.4, -0.2) is 32.0 Å². The van der Waals surface area contributed by atoms with Crippen molar-refractivity contribution >= 4 is 5.91 Å². The van der Waals surface area contributed by atoms with Crippen LogP contribution in [-0.2, 0) is 6.54 Å². The lowest BCUT2D eigenvalue weighted by atomic mass is 10.1. The Hall–Kier alpha value is -3.80. The highest BCUT2D eigenvalue weighted by Gasteiger charge is 2.33. The first kappa shape index (κ1) is 19.2. The van der Waals surface area contributed by atoms with E-state index in [0.717, 1.165) is 29.7 Å². The zero-order valence-corrected chi connectivity index (χ0v) is 17.2. The molecule has 0 N–H and O–H groups in total. The molecule has 1 aliphatic rings. The topological polar surface area (TPSA) is 72.1 Å². The van der Waals surface area contributed by atoms with Gasteiger partial charge in [-0.15, -0.1) is 10.2 Å². The van der Waals surface area contributed by atoms with Gasteiger partial charge in [-0.3, -0.25) is 9.78 Å². The monoisotopic (exact) mass is 410 g/mol. The number of carbonyl (C=O) groups is 1. The van der Waals surface area contributed by atoms with Gasteiger partial charge in [0, 0.05) is 28.9 Å². The molecule has 0 radical (unpaired) electrons. The van der Waals surface area contributed by atoms with Crippen molar-refractivity contribution < 1.29 is 9.21 Å². The van der Waals surface area contributed by atoms with Crippen LogP contribution in [0.15, 0.2) is 77.3 Å². The molecular formula is C25H22N4O2. The quantitative estimate of drug-likeness (QED) is 0.451. The maximum atomic E-state index is 13.1. The van der Waals surface area contributed by atoms with Gasteiger partial charge in [-0.1, -0.05) is 23.8 Å². The van der Waals surface area contributed by atoms with Crippen molar-refractivity contribution in [2.45, 2.75) is 32.4 Å². The molecule has 2 aromatic heterocycles. The molecule has 154 valence electrons. The summed E-state index contributed by atoms with van der Waals surface area (Å²) in [5, 5.41) is 8.33. The smallest absolute Gasteiger partial charge is 0.254 e. The highest BCUT2D eigenvalue weighted by molar-refractivity contribution is 5.95. The van der Waals surface area contributed by atoms with Gasteiger partial charge in [-0.25, -0.2) is 0 Å². The second kappa shape index (κ2) is 8.14. The third-order valence-electron chi connectivity index (χ3n) is 5.41. The van der Waals surface area contributed by atoms with Crippen LogP contribution in [0, 0.1) is 6.92 Å². The van der Waals surface area contributed by atoms with E-state index in [-0.39, 0.29) is 5.91 Å². The predicted molar refractivity (Wildman–Crippen MR) is 117 cm³/mol. The number of aryl methyl sites for hydroxylation is 1. The Bertz CT molecular complexity index is 1180. The van der Waals surface area contributed by atoms with Gasteiger partial charge in [0.1, 0.15) is 0 Å². The van der Waals surface area contributed by atoms with E-state index < -0.39 is 0 Å². The number of aromatic nitrogens is 3. The number of pyridine rings is 1. The summed E-state index contributed by atoms with van der Waals surface area (Å²) >= 11 is 0. The van der Waals surface area contributed by atoms with E-state index >= 15 is 0 Å². The van der Waals surface area contributed by atoms with Crippen LogP contribution >= 0.6 is 0 Å². The number of amides is 1. The SMILES string of the molecule is Cc1ccc(-c2nnc(-c3ccc(C(=O)N(Cc4ccccn4)C4CC4)cc3)o2)cc1. The summed E-state index contributed by atoms with van der Waals surface area (Å²) in [5.74, 6) is 0.929. The van der Waals surface area contributed by atoms with Gasteiger partial charge >= 0.3 is 0 Å². The molecule has 2 heterocycles. The number of benzene rings is 2. The molecule has 1 saturated carbocycles. The minimum absolute atomic E-state index is 0.0191. The van der Waals surface area contributed by atoms with Crippen molar-refractivity contribution in [1.29, 1.82) is 0 Å². The van der Waals surface area contributed by atoms with Crippen LogP contribution in [0.4, 0.5) is 0 Å². The van der Waals surface area contributed by atoms with Gasteiger partial charge in [0.25, 0.3) is 5.91 Å². The first-order valence-corrected chi connectivity index (χ1v) is 10.4. The summed E-state index contributed by atoms with van der Waals surface area (Å²) in [6.45, 7) is 2.56. The number of hydrogen-bond donors (Lipinski definition) is 0. The molecule has 1 fully saturated rings. The molecule has 0 saturated heterocycles. The van der Waals surface area contributed by atoms with E-state index in [1.165, 1.54) is 5.56 Å². The van der Waals surface area contributed by atoms with Crippen molar-refractivity contribution in [3.05, 3.63) is 89.7 Å². The average Bonchev–Trinajstić information content (AvgIpc) is 3.54. The summed E-state index contributed by atoms with van der Waals surface area (Å²) in [6, 6.07) is 21.4. The second-order valence-electron chi connectivity index (χ2n) is 7.84. The fourth-order valence-corrected chi connectivity index (χ4v) is 3.49. The van der Waals surface area contributed by atoms with E-state index in [9.17, 15) is 4.79 Å². The number of hydrogen-bond acceptors (Lipinski definition) is 5. The fraction of sp³-hybridized carbons (Fsp3) is 0.200. The lowest BCUT2D eigenvalue weighted by molar-refractivity contribution is 0.0727. The molecular weight excluding hydrogens is 388 g/mol. The largest absolute Gasteiger partial charge is 0.416 e. The van der Waals surface area contributed by atoms with Crippen molar-refractivity contribution in [1.82, 2.24) is 20.1 Å². The molecule has 6 heteroatoms. The minimum atomic E-state index is 0.0191. The number of carbonyl (C=O) groups excluding carboxylic acids is 1. The molecule has 2 aromatic carbocycles. The maximum Gasteiger partial charge on any atom is 0.254 e. The van der Waals surface area contributed by atoms with Gasteiger partial charge in [0.05, 0.1) is 12.2 Å². The van der Waals surface area contributed by atoms with E-state index in [1.807, 2.05) is 78.6 Å². The van der Waals surface area contributed by atoms with Gasteiger partial charge in [0.2, 0.25) is 11.8 Å². The third-order valence-corrected chi connectivity index (χ3v) is 5.41. The lowest BCUT2D eigenvalue weighted by Gasteiger charge is -2.22. The van der Waals surface area contributed by atoms with Crippen LogP contribution in [0.5, 0.6) is 0 Å². The highest BCUT2D eigenvalue weighted by Crippen LogP contribution is 2.30. The third kappa shape index (κ3) is 4.23. The molecule has 6 nitrogen and oxygen atoms in total. The summed E-state index contributed by atoms with van der Waals surface area (Å²) in [5.41, 5.74) is 4.38. The molecule has 4 aromatic rings. The molecule has 1 amide bonds. The van der Waals surface area contributed by atoms with Crippen LogP contribution < -0.4 is 0 Å². The van der Waals surface area contributed by atoms with Crippen molar-refractivity contribution in [3.63, 3.8) is 0 Å². The molecule has 5 rings (SSSR count). The van der Waals surface area contributed by atoms with Crippen molar-refractivity contribution in [3.8, 4) is 22.9 Å². The highest BCUT2D eigenvalue weighted by atomic mass is 16.4. The van der Waals surface area contributed by atoms with Gasteiger partial charge in [-0.2, -0.15) is 0 Å². The molecule has 0 bridgehead atoms. The Labute approximate surface area is 180 Å². The van der Waals surface area contributed by atoms with E-state index in [4.69, 9.17) is 4.42 Å². The molecule has 0 spiro atoms. The van der Waals surface area contributed by atoms with E-state index in [0.29, 0.717) is 29.9 Å². The number of nitrogens with zero attached hydrogens (tertiary/aromatic N) is 4. The standard InChI is InChI=1S/C25H22N4O2/c1-17-5-7-18(8-6-17)23-27-28-24(31-23)19-9-11-20(12-10-19)25(30)29(22-13-14-22)16-21-4-2-3-15-26-21/h2-12,15,22H,13-14,16H2,1H3. The predicted octanol–water partition coefficient (Wildman–Crippen LogP) is 4.91. The van der Waals surface area contributed by atoms with Gasteiger partial charge < -0.3 is 9.32 Å². The first-order valence-electron chi connectivity index (χ1n) is 10.4. The Balaban J connectivity index is 1.33. The summed E-state index contributed by atoms with van der Waals surface area (Å²) in [6.07, 6.45) is 3.84. The zero-order chi connectivity index (χ0) is 21.2. The molecule has 0 aliphatic heterocycles. The van der Waals surface area contributed by atoms with Crippen LogP contribution in [0.1, 0.15) is 34.5 Å². The van der Waals surface area contributed by atoms with E-state index in [2.05, 4.69) is 15.2 Å². The Morgan fingerprint density at radius 3 is 2.16 bits per heavy atom.